The van der Waals surface area contributed by atoms with E-state index >= 15 is 0 Å². The van der Waals surface area contributed by atoms with Crippen molar-refractivity contribution >= 4 is 33.7 Å². The number of carbonyl (C=O) groups is 3. The van der Waals surface area contributed by atoms with Crippen molar-refractivity contribution in [3.63, 3.8) is 0 Å². The molecule has 7 nitrogen and oxygen atoms in total. The number of amides is 3. The van der Waals surface area contributed by atoms with E-state index in [1.54, 1.807) is 18.2 Å². The third-order valence-electron chi connectivity index (χ3n) is 4.94. The highest BCUT2D eigenvalue weighted by molar-refractivity contribution is 9.10. The number of hydrogen-bond acceptors (Lipinski definition) is 5. The zero-order chi connectivity index (χ0) is 22.5. The molecule has 1 atom stereocenters. The summed E-state index contributed by atoms with van der Waals surface area (Å²) in [4.78, 5) is 38.6. The van der Waals surface area contributed by atoms with Crippen molar-refractivity contribution in [1.29, 1.82) is 0 Å². The predicted octanol–water partition coefficient (Wildman–Crippen LogP) is 4.11. The predicted molar refractivity (Wildman–Crippen MR) is 119 cm³/mol. The molecule has 31 heavy (non-hydrogen) atoms. The standard InChI is InChI=1S/C23H25BrN2O5/c1-4-30-19-9-6-15(12-20(19)31-5-2)14(3)25-21(27)10-11-26-22(28)17-8-7-16(24)13-18(17)23(26)29/h6-9,12-14H,4-5,10-11H2,1-3H3,(H,25,27). The summed E-state index contributed by atoms with van der Waals surface area (Å²) in [7, 11) is 0. The Bertz CT molecular complexity index is 1010. The van der Waals surface area contributed by atoms with E-state index in [2.05, 4.69) is 21.2 Å². The van der Waals surface area contributed by atoms with Gasteiger partial charge in [-0.15, -0.1) is 0 Å². The lowest BCUT2D eigenvalue weighted by atomic mass is 10.1. The summed E-state index contributed by atoms with van der Waals surface area (Å²) in [5.41, 5.74) is 1.58. The van der Waals surface area contributed by atoms with Crippen molar-refractivity contribution in [2.45, 2.75) is 33.2 Å². The molecule has 0 radical (unpaired) electrons. The van der Waals surface area contributed by atoms with E-state index in [0.29, 0.717) is 35.8 Å². The molecule has 0 saturated carbocycles. The zero-order valence-electron chi connectivity index (χ0n) is 17.7. The molecule has 0 fully saturated rings. The fourth-order valence-corrected chi connectivity index (χ4v) is 3.77. The van der Waals surface area contributed by atoms with Crippen molar-refractivity contribution in [2.75, 3.05) is 19.8 Å². The molecule has 0 bridgehead atoms. The van der Waals surface area contributed by atoms with E-state index in [1.807, 2.05) is 39.0 Å². The quantitative estimate of drug-likeness (QED) is 0.536. The van der Waals surface area contributed by atoms with Crippen LogP contribution in [0.5, 0.6) is 11.5 Å². The molecule has 8 heteroatoms. The van der Waals surface area contributed by atoms with Gasteiger partial charge in [0, 0.05) is 17.4 Å². The Kier molecular flexibility index (Phi) is 7.33. The van der Waals surface area contributed by atoms with Crippen LogP contribution >= 0.6 is 15.9 Å². The number of rotatable bonds is 9. The van der Waals surface area contributed by atoms with Crippen LogP contribution in [0, 0.1) is 0 Å². The summed E-state index contributed by atoms with van der Waals surface area (Å²) in [5, 5.41) is 2.91. The minimum absolute atomic E-state index is 0.0202. The topological polar surface area (TPSA) is 84.9 Å². The number of nitrogens with zero attached hydrogens (tertiary/aromatic N) is 1. The number of ether oxygens (including phenoxy) is 2. The SMILES string of the molecule is CCOc1ccc(C(C)NC(=O)CCN2C(=O)c3ccc(Br)cc3C2=O)cc1OCC. The van der Waals surface area contributed by atoms with Crippen LogP contribution in [0.25, 0.3) is 0 Å². The van der Waals surface area contributed by atoms with Gasteiger partial charge < -0.3 is 14.8 Å². The van der Waals surface area contributed by atoms with Crippen LogP contribution in [0.3, 0.4) is 0 Å². The molecule has 0 aliphatic carbocycles. The first-order valence-corrected chi connectivity index (χ1v) is 11.0. The molecule has 1 heterocycles. The molecule has 1 N–H and O–H groups in total. The molecule has 164 valence electrons. The average Bonchev–Trinajstić information content (AvgIpc) is 2.97. The Morgan fingerprint density at radius 2 is 1.68 bits per heavy atom. The van der Waals surface area contributed by atoms with E-state index in [-0.39, 0.29) is 36.7 Å². The van der Waals surface area contributed by atoms with Crippen LogP contribution in [0.2, 0.25) is 0 Å². The van der Waals surface area contributed by atoms with Crippen molar-refractivity contribution in [3.8, 4) is 11.5 Å². The highest BCUT2D eigenvalue weighted by Crippen LogP contribution is 2.31. The minimum Gasteiger partial charge on any atom is -0.490 e. The van der Waals surface area contributed by atoms with Gasteiger partial charge in [0.25, 0.3) is 11.8 Å². The van der Waals surface area contributed by atoms with Crippen molar-refractivity contribution in [1.82, 2.24) is 10.2 Å². The zero-order valence-corrected chi connectivity index (χ0v) is 19.3. The minimum atomic E-state index is -0.380. The Morgan fingerprint density at radius 3 is 2.39 bits per heavy atom. The fraction of sp³-hybridized carbons (Fsp3) is 0.348. The van der Waals surface area contributed by atoms with Crippen LogP contribution in [0.4, 0.5) is 0 Å². The van der Waals surface area contributed by atoms with Crippen LogP contribution in [-0.4, -0.2) is 42.4 Å². The third-order valence-corrected chi connectivity index (χ3v) is 5.43. The number of halogens is 1. The Hall–Kier alpha value is -2.87. The normalized spacial score (nSPS) is 13.7. The number of imide groups is 1. The molecule has 0 spiro atoms. The molecule has 0 saturated heterocycles. The van der Waals surface area contributed by atoms with Crippen LogP contribution in [-0.2, 0) is 4.79 Å². The fourth-order valence-electron chi connectivity index (χ4n) is 3.41. The molecule has 2 aromatic rings. The maximum absolute atomic E-state index is 12.5. The lowest BCUT2D eigenvalue weighted by Crippen LogP contribution is -2.35. The lowest BCUT2D eigenvalue weighted by Gasteiger charge is -2.18. The van der Waals surface area contributed by atoms with E-state index in [9.17, 15) is 14.4 Å². The number of fused-ring (bicyclic) bond motifs is 1. The van der Waals surface area contributed by atoms with Gasteiger partial charge in [0.2, 0.25) is 5.91 Å². The van der Waals surface area contributed by atoms with E-state index < -0.39 is 0 Å². The molecular weight excluding hydrogens is 464 g/mol. The van der Waals surface area contributed by atoms with E-state index in [0.717, 1.165) is 14.9 Å². The molecule has 1 aliphatic heterocycles. The molecule has 3 amide bonds. The lowest BCUT2D eigenvalue weighted by molar-refractivity contribution is -0.121. The first kappa shape index (κ1) is 22.8. The average molecular weight is 489 g/mol. The van der Waals surface area contributed by atoms with Crippen molar-refractivity contribution in [2.24, 2.45) is 0 Å². The number of hydrogen-bond donors (Lipinski definition) is 1. The maximum Gasteiger partial charge on any atom is 0.261 e. The van der Waals surface area contributed by atoms with Gasteiger partial charge >= 0.3 is 0 Å². The van der Waals surface area contributed by atoms with Crippen LogP contribution in [0.1, 0.15) is 59.5 Å². The summed E-state index contributed by atoms with van der Waals surface area (Å²) in [6.07, 6.45) is 0.0202. The van der Waals surface area contributed by atoms with Gasteiger partial charge in [0.05, 0.1) is 30.4 Å². The highest BCUT2D eigenvalue weighted by atomic mass is 79.9. The summed E-state index contributed by atoms with van der Waals surface area (Å²) >= 11 is 3.31. The van der Waals surface area contributed by atoms with Gasteiger partial charge in [-0.3, -0.25) is 19.3 Å². The van der Waals surface area contributed by atoms with Gasteiger partial charge in [-0.25, -0.2) is 0 Å². The Morgan fingerprint density at radius 1 is 1.00 bits per heavy atom. The molecule has 2 aromatic carbocycles. The monoisotopic (exact) mass is 488 g/mol. The Labute approximate surface area is 189 Å². The second-order valence-corrected chi connectivity index (χ2v) is 7.98. The second kappa shape index (κ2) is 9.96. The van der Waals surface area contributed by atoms with Gasteiger partial charge in [-0.1, -0.05) is 22.0 Å². The first-order valence-electron chi connectivity index (χ1n) is 10.2. The third kappa shape index (κ3) is 5.07. The van der Waals surface area contributed by atoms with Gasteiger partial charge in [-0.2, -0.15) is 0 Å². The Balaban J connectivity index is 1.60. The molecule has 0 aromatic heterocycles. The molecule has 1 aliphatic rings. The van der Waals surface area contributed by atoms with E-state index in [4.69, 9.17) is 9.47 Å². The highest BCUT2D eigenvalue weighted by Gasteiger charge is 2.35. The maximum atomic E-state index is 12.5. The second-order valence-electron chi connectivity index (χ2n) is 7.06. The molecule has 1 unspecified atom stereocenters. The molecule has 3 rings (SSSR count). The smallest absolute Gasteiger partial charge is 0.261 e. The van der Waals surface area contributed by atoms with Crippen molar-refractivity contribution in [3.05, 3.63) is 57.6 Å². The van der Waals surface area contributed by atoms with E-state index in [1.165, 1.54) is 0 Å². The number of nitrogens with one attached hydrogen (secondary N) is 1. The first-order chi connectivity index (χ1) is 14.8. The molecular formula is C23H25BrN2O5. The van der Waals surface area contributed by atoms with Crippen molar-refractivity contribution < 1.29 is 23.9 Å². The van der Waals surface area contributed by atoms with Gasteiger partial charge in [-0.05, 0) is 56.7 Å². The summed E-state index contributed by atoms with van der Waals surface area (Å²) < 4.78 is 11.9. The van der Waals surface area contributed by atoms with Crippen LogP contribution in [0.15, 0.2) is 40.9 Å². The summed E-state index contributed by atoms with van der Waals surface area (Å²) in [5.74, 6) is 0.275. The summed E-state index contributed by atoms with van der Waals surface area (Å²) in [6, 6.07) is 10.2. The number of benzene rings is 2. The largest absolute Gasteiger partial charge is 0.490 e. The van der Waals surface area contributed by atoms with Gasteiger partial charge in [0.15, 0.2) is 11.5 Å². The van der Waals surface area contributed by atoms with Crippen LogP contribution < -0.4 is 14.8 Å². The van der Waals surface area contributed by atoms with Gasteiger partial charge in [0.1, 0.15) is 0 Å². The summed E-state index contributed by atoms with van der Waals surface area (Å²) in [6.45, 7) is 6.71. The number of carbonyl (C=O) groups excluding carboxylic acids is 3.